The van der Waals surface area contributed by atoms with Crippen molar-refractivity contribution >= 4 is 5.97 Å². The molecule has 0 aromatic heterocycles. The van der Waals surface area contributed by atoms with E-state index in [1.54, 1.807) is 12.5 Å². The van der Waals surface area contributed by atoms with Crippen molar-refractivity contribution < 1.29 is 14.6 Å². The van der Waals surface area contributed by atoms with E-state index in [4.69, 9.17) is 9.84 Å². The summed E-state index contributed by atoms with van der Waals surface area (Å²) in [4.78, 5) is 9.25. The molecule has 0 aliphatic rings. The molecule has 0 aromatic rings. The first-order chi connectivity index (χ1) is 5.68. The molecule has 0 saturated heterocycles. The summed E-state index contributed by atoms with van der Waals surface area (Å²) in [6, 6.07) is 0. The third-order valence-electron chi connectivity index (χ3n) is 0.604. The summed E-state index contributed by atoms with van der Waals surface area (Å²) in [5.41, 5.74) is 0. The predicted octanol–water partition coefficient (Wildman–Crippen LogP) is 2.33. The zero-order valence-corrected chi connectivity index (χ0v) is 7.36. The molecule has 0 atom stereocenters. The van der Waals surface area contributed by atoms with Crippen molar-refractivity contribution in [2.75, 3.05) is 0 Å². The summed E-state index contributed by atoms with van der Waals surface area (Å²) < 4.78 is 4.77. The Morgan fingerprint density at radius 3 is 1.83 bits per heavy atom. The van der Waals surface area contributed by atoms with Crippen LogP contribution in [0.2, 0.25) is 0 Å². The van der Waals surface area contributed by atoms with Crippen LogP contribution in [0.5, 0.6) is 0 Å². The lowest BCUT2D eigenvalue weighted by molar-refractivity contribution is -0.131. The van der Waals surface area contributed by atoms with Gasteiger partial charge in [-0.2, -0.15) is 0 Å². The summed E-state index contributed by atoms with van der Waals surface area (Å²) in [7, 11) is 0. The summed E-state index contributed by atoms with van der Waals surface area (Å²) in [5, 5.41) is 7.60. The van der Waals surface area contributed by atoms with Gasteiger partial charge in [0.2, 0.25) is 0 Å². The lowest BCUT2D eigenvalue weighted by atomic mass is 10.7. The van der Waals surface area contributed by atoms with Gasteiger partial charge in [0.25, 0.3) is 0 Å². The van der Waals surface area contributed by atoms with E-state index in [1.165, 1.54) is 0 Å². The number of hydrogen-bond acceptors (Lipinski definition) is 2. The summed E-state index contributed by atoms with van der Waals surface area (Å²) >= 11 is 0. The molecular weight excluding hydrogens is 156 g/mol. The van der Waals surface area contributed by atoms with Gasteiger partial charge in [-0.1, -0.05) is 18.7 Å². The average Bonchev–Trinajstić information content (AvgIpc) is 2.07. The summed E-state index contributed by atoms with van der Waals surface area (Å²) in [5.74, 6) is -0.981. The molecule has 0 aliphatic heterocycles. The van der Waals surface area contributed by atoms with Gasteiger partial charge in [-0.25, -0.2) is 4.79 Å². The number of allylic oxidation sites excluding steroid dienone is 2. The van der Waals surface area contributed by atoms with Gasteiger partial charge in [-0.05, 0) is 13.8 Å². The Morgan fingerprint density at radius 1 is 1.33 bits per heavy atom. The van der Waals surface area contributed by atoms with Crippen LogP contribution < -0.4 is 0 Å². The molecule has 0 amide bonds. The fourth-order valence-electron chi connectivity index (χ4n) is 0.202. The van der Waals surface area contributed by atoms with E-state index in [0.29, 0.717) is 0 Å². The number of hydrogen-bond donors (Lipinski definition) is 1. The molecule has 1 N–H and O–H groups in total. The van der Waals surface area contributed by atoms with Crippen LogP contribution in [0.4, 0.5) is 0 Å². The van der Waals surface area contributed by atoms with Crippen LogP contribution in [0.15, 0.2) is 37.3 Å². The number of aliphatic carboxylic acids is 1. The molecule has 0 unspecified atom stereocenters. The van der Waals surface area contributed by atoms with E-state index in [0.717, 1.165) is 6.08 Å². The number of carbonyl (C=O) groups is 1. The minimum absolute atomic E-state index is 0.833. The molecule has 0 saturated carbocycles. The van der Waals surface area contributed by atoms with Gasteiger partial charge in [0.05, 0.1) is 12.5 Å². The topological polar surface area (TPSA) is 46.5 Å². The molecule has 0 radical (unpaired) electrons. The SMILES string of the molecule is C=CC(=O)O.CC=COC=CC. The van der Waals surface area contributed by atoms with Gasteiger partial charge >= 0.3 is 5.97 Å². The second-order valence-electron chi connectivity index (χ2n) is 1.62. The molecular formula is C9H14O3. The monoisotopic (exact) mass is 170 g/mol. The Kier molecular flexibility index (Phi) is 13.3. The first-order valence-electron chi connectivity index (χ1n) is 3.42. The molecule has 3 nitrogen and oxygen atoms in total. The van der Waals surface area contributed by atoms with Crippen LogP contribution in [0, 0.1) is 0 Å². The fraction of sp³-hybridized carbons (Fsp3) is 0.222. The van der Waals surface area contributed by atoms with Gasteiger partial charge < -0.3 is 9.84 Å². The van der Waals surface area contributed by atoms with E-state index in [-0.39, 0.29) is 0 Å². The smallest absolute Gasteiger partial charge is 0.327 e. The molecule has 0 aromatic carbocycles. The van der Waals surface area contributed by atoms with Crippen LogP contribution in [0.3, 0.4) is 0 Å². The first-order valence-corrected chi connectivity index (χ1v) is 3.42. The molecule has 0 spiro atoms. The minimum atomic E-state index is -0.981. The van der Waals surface area contributed by atoms with E-state index < -0.39 is 5.97 Å². The second-order valence-corrected chi connectivity index (χ2v) is 1.62. The largest absolute Gasteiger partial charge is 0.478 e. The number of ether oxygens (including phenoxy) is 1. The van der Waals surface area contributed by atoms with Gasteiger partial charge in [-0.15, -0.1) is 0 Å². The molecule has 0 bridgehead atoms. The molecule has 12 heavy (non-hydrogen) atoms. The van der Waals surface area contributed by atoms with Crippen molar-refractivity contribution in [1.29, 1.82) is 0 Å². The summed E-state index contributed by atoms with van der Waals surface area (Å²) in [6.45, 7) is 6.77. The molecule has 0 rings (SSSR count). The van der Waals surface area contributed by atoms with Crippen molar-refractivity contribution in [1.82, 2.24) is 0 Å². The van der Waals surface area contributed by atoms with Crippen molar-refractivity contribution in [3.63, 3.8) is 0 Å². The second kappa shape index (κ2) is 12.2. The lowest BCUT2D eigenvalue weighted by Crippen LogP contribution is -1.82. The highest BCUT2D eigenvalue weighted by molar-refractivity contribution is 5.78. The lowest BCUT2D eigenvalue weighted by Gasteiger charge is -1.82. The Balaban J connectivity index is 0. The maximum Gasteiger partial charge on any atom is 0.327 e. The van der Waals surface area contributed by atoms with E-state index in [2.05, 4.69) is 6.58 Å². The van der Waals surface area contributed by atoms with Crippen LogP contribution in [0.25, 0.3) is 0 Å². The van der Waals surface area contributed by atoms with Crippen LogP contribution in [-0.4, -0.2) is 11.1 Å². The first kappa shape index (κ1) is 13.1. The Hall–Kier alpha value is -1.51. The van der Waals surface area contributed by atoms with Gasteiger partial charge in [-0.3, -0.25) is 0 Å². The van der Waals surface area contributed by atoms with Crippen LogP contribution >= 0.6 is 0 Å². The maximum absolute atomic E-state index is 9.25. The third kappa shape index (κ3) is 23.6. The van der Waals surface area contributed by atoms with Crippen LogP contribution in [-0.2, 0) is 9.53 Å². The fourth-order valence-corrected chi connectivity index (χ4v) is 0.202. The van der Waals surface area contributed by atoms with Crippen molar-refractivity contribution in [2.24, 2.45) is 0 Å². The predicted molar refractivity (Wildman–Crippen MR) is 48.5 cm³/mol. The molecule has 68 valence electrons. The number of carboxylic acids is 1. The number of carboxylic acid groups (broad SMARTS) is 1. The highest BCUT2D eigenvalue weighted by atomic mass is 16.5. The average molecular weight is 170 g/mol. The highest BCUT2D eigenvalue weighted by Crippen LogP contribution is 1.76. The Bertz CT molecular complexity index is 159. The maximum atomic E-state index is 9.25. The standard InChI is InChI=1S/C6H10O.C3H4O2/c1-3-5-7-6-4-2;1-2-3(4)5/h3-6H,1-2H3;2H,1H2,(H,4,5). The normalized spacial score (nSPS) is 9.17. The van der Waals surface area contributed by atoms with E-state index in [1.807, 2.05) is 26.0 Å². The van der Waals surface area contributed by atoms with E-state index in [9.17, 15) is 4.79 Å². The molecule has 0 aliphatic carbocycles. The Morgan fingerprint density at radius 2 is 1.67 bits per heavy atom. The third-order valence-corrected chi connectivity index (χ3v) is 0.604. The molecule has 0 fully saturated rings. The molecule has 3 heteroatoms. The van der Waals surface area contributed by atoms with E-state index >= 15 is 0 Å². The van der Waals surface area contributed by atoms with Gasteiger partial charge in [0, 0.05) is 6.08 Å². The quantitative estimate of drug-likeness (QED) is 0.522. The minimum Gasteiger partial charge on any atom is -0.478 e. The van der Waals surface area contributed by atoms with Gasteiger partial charge in [0.15, 0.2) is 0 Å². The summed E-state index contributed by atoms with van der Waals surface area (Å²) in [6.07, 6.45) is 7.75. The zero-order valence-electron chi connectivity index (χ0n) is 7.36. The highest BCUT2D eigenvalue weighted by Gasteiger charge is 1.73. The zero-order chi connectivity index (χ0) is 9.82. The van der Waals surface area contributed by atoms with Crippen molar-refractivity contribution in [3.8, 4) is 0 Å². The molecule has 0 heterocycles. The van der Waals surface area contributed by atoms with Gasteiger partial charge in [0.1, 0.15) is 0 Å². The van der Waals surface area contributed by atoms with Crippen molar-refractivity contribution in [3.05, 3.63) is 37.3 Å². The van der Waals surface area contributed by atoms with Crippen molar-refractivity contribution in [2.45, 2.75) is 13.8 Å². The van der Waals surface area contributed by atoms with Crippen LogP contribution in [0.1, 0.15) is 13.8 Å². The Labute approximate surface area is 72.7 Å². The number of rotatable bonds is 3.